The largest absolute Gasteiger partial charge is 0.481 e. The SMILES string of the molecule is CC1CC(C)CC(C2(C(=O)O)CCCC2)C1. The van der Waals surface area contributed by atoms with E-state index in [1.807, 2.05) is 0 Å². The maximum Gasteiger partial charge on any atom is 0.309 e. The predicted octanol–water partition coefficient (Wildman–Crippen LogP) is 3.70. The molecule has 16 heavy (non-hydrogen) atoms. The van der Waals surface area contributed by atoms with Crippen LogP contribution < -0.4 is 0 Å². The van der Waals surface area contributed by atoms with E-state index in [1.54, 1.807) is 0 Å². The molecule has 2 heteroatoms. The van der Waals surface area contributed by atoms with Gasteiger partial charge in [-0.2, -0.15) is 0 Å². The minimum atomic E-state index is -0.517. The lowest BCUT2D eigenvalue weighted by molar-refractivity contribution is -0.154. The number of hydrogen-bond acceptors (Lipinski definition) is 1. The van der Waals surface area contributed by atoms with Crippen molar-refractivity contribution < 1.29 is 9.90 Å². The van der Waals surface area contributed by atoms with E-state index in [0.717, 1.165) is 38.5 Å². The van der Waals surface area contributed by atoms with Crippen LogP contribution in [-0.4, -0.2) is 11.1 Å². The molecular weight excluding hydrogens is 200 g/mol. The normalized spacial score (nSPS) is 38.5. The summed E-state index contributed by atoms with van der Waals surface area (Å²) in [5.74, 6) is 1.35. The molecule has 0 amide bonds. The molecule has 1 N–H and O–H groups in total. The Labute approximate surface area is 98.4 Å². The first-order chi connectivity index (χ1) is 7.54. The first kappa shape index (κ1) is 11.9. The van der Waals surface area contributed by atoms with Crippen LogP contribution >= 0.6 is 0 Å². The van der Waals surface area contributed by atoms with Crippen LogP contribution in [0, 0.1) is 23.2 Å². The monoisotopic (exact) mass is 224 g/mol. The van der Waals surface area contributed by atoms with Gasteiger partial charge in [0.2, 0.25) is 0 Å². The Hall–Kier alpha value is -0.530. The number of rotatable bonds is 2. The molecule has 0 bridgehead atoms. The van der Waals surface area contributed by atoms with Crippen molar-refractivity contribution in [2.24, 2.45) is 23.2 Å². The number of carboxylic acids is 1. The van der Waals surface area contributed by atoms with Gasteiger partial charge in [0.1, 0.15) is 0 Å². The maximum atomic E-state index is 11.6. The van der Waals surface area contributed by atoms with Gasteiger partial charge in [-0.3, -0.25) is 4.79 Å². The smallest absolute Gasteiger partial charge is 0.309 e. The predicted molar refractivity (Wildman–Crippen MR) is 64.2 cm³/mol. The van der Waals surface area contributed by atoms with E-state index in [1.165, 1.54) is 6.42 Å². The summed E-state index contributed by atoms with van der Waals surface area (Å²) < 4.78 is 0. The summed E-state index contributed by atoms with van der Waals surface area (Å²) in [5.41, 5.74) is -0.358. The summed E-state index contributed by atoms with van der Waals surface area (Å²) in [6, 6.07) is 0. The van der Waals surface area contributed by atoms with E-state index < -0.39 is 5.97 Å². The second-order valence-corrected chi connectivity index (χ2v) is 6.28. The number of carboxylic acid groups (broad SMARTS) is 1. The minimum absolute atomic E-state index is 0.358. The van der Waals surface area contributed by atoms with Gasteiger partial charge in [-0.25, -0.2) is 0 Å². The Morgan fingerprint density at radius 3 is 2.00 bits per heavy atom. The molecule has 0 heterocycles. The zero-order valence-electron chi connectivity index (χ0n) is 10.5. The molecule has 0 radical (unpaired) electrons. The molecule has 2 fully saturated rings. The highest BCUT2D eigenvalue weighted by atomic mass is 16.4. The third-order valence-electron chi connectivity index (χ3n) is 4.88. The van der Waals surface area contributed by atoms with Gasteiger partial charge in [0.05, 0.1) is 5.41 Å². The fourth-order valence-electron chi connectivity index (χ4n) is 4.20. The molecule has 2 rings (SSSR count). The van der Waals surface area contributed by atoms with Gasteiger partial charge in [-0.1, -0.05) is 26.7 Å². The Bertz CT molecular complexity index is 256. The first-order valence-corrected chi connectivity index (χ1v) is 6.78. The Kier molecular flexibility index (Phi) is 3.27. The molecule has 0 aliphatic heterocycles. The second-order valence-electron chi connectivity index (χ2n) is 6.28. The van der Waals surface area contributed by atoms with Crippen molar-refractivity contribution >= 4 is 5.97 Å². The average molecular weight is 224 g/mol. The molecule has 0 spiro atoms. The van der Waals surface area contributed by atoms with Crippen molar-refractivity contribution in [2.45, 2.75) is 58.8 Å². The molecule has 0 aromatic rings. The van der Waals surface area contributed by atoms with Crippen molar-refractivity contribution in [2.75, 3.05) is 0 Å². The van der Waals surface area contributed by atoms with Crippen LogP contribution in [0.4, 0.5) is 0 Å². The van der Waals surface area contributed by atoms with Crippen LogP contribution in [0.1, 0.15) is 58.8 Å². The molecule has 2 nitrogen and oxygen atoms in total. The van der Waals surface area contributed by atoms with E-state index >= 15 is 0 Å². The zero-order chi connectivity index (χ0) is 11.8. The molecule has 0 saturated heterocycles. The summed E-state index contributed by atoms with van der Waals surface area (Å²) in [4.78, 5) is 11.6. The summed E-state index contributed by atoms with van der Waals surface area (Å²) in [5, 5.41) is 9.59. The number of aliphatic carboxylic acids is 1. The van der Waals surface area contributed by atoms with Gasteiger partial charge in [-0.05, 0) is 49.9 Å². The van der Waals surface area contributed by atoms with Gasteiger partial charge in [0.15, 0.2) is 0 Å². The lowest BCUT2D eigenvalue weighted by atomic mass is 9.63. The quantitative estimate of drug-likeness (QED) is 0.776. The van der Waals surface area contributed by atoms with E-state index in [4.69, 9.17) is 0 Å². The van der Waals surface area contributed by atoms with Gasteiger partial charge in [-0.15, -0.1) is 0 Å². The molecule has 2 saturated carbocycles. The zero-order valence-corrected chi connectivity index (χ0v) is 10.5. The van der Waals surface area contributed by atoms with Crippen LogP contribution in [0.5, 0.6) is 0 Å². The lowest BCUT2D eigenvalue weighted by Crippen LogP contribution is -2.40. The van der Waals surface area contributed by atoms with Gasteiger partial charge < -0.3 is 5.11 Å². The molecule has 2 atom stereocenters. The number of hydrogen-bond donors (Lipinski definition) is 1. The molecular formula is C14H24O2. The minimum Gasteiger partial charge on any atom is -0.481 e. The summed E-state index contributed by atoms with van der Waals surface area (Å²) >= 11 is 0. The van der Waals surface area contributed by atoms with E-state index in [9.17, 15) is 9.90 Å². The molecule has 2 unspecified atom stereocenters. The second kappa shape index (κ2) is 4.38. The van der Waals surface area contributed by atoms with Crippen molar-refractivity contribution in [3.63, 3.8) is 0 Å². The molecule has 2 aliphatic rings. The lowest BCUT2D eigenvalue weighted by Gasteiger charge is -2.41. The highest BCUT2D eigenvalue weighted by molar-refractivity contribution is 5.75. The van der Waals surface area contributed by atoms with Crippen LogP contribution in [0.15, 0.2) is 0 Å². The summed E-state index contributed by atoms with van der Waals surface area (Å²) in [6.45, 7) is 4.57. The molecule has 2 aliphatic carbocycles. The van der Waals surface area contributed by atoms with Crippen molar-refractivity contribution in [3.05, 3.63) is 0 Å². The fraction of sp³-hybridized carbons (Fsp3) is 0.929. The van der Waals surface area contributed by atoms with E-state index in [-0.39, 0.29) is 5.41 Å². The first-order valence-electron chi connectivity index (χ1n) is 6.78. The van der Waals surface area contributed by atoms with Crippen molar-refractivity contribution in [1.29, 1.82) is 0 Å². The molecule has 92 valence electrons. The van der Waals surface area contributed by atoms with Crippen molar-refractivity contribution in [1.82, 2.24) is 0 Å². The Balaban J connectivity index is 2.17. The van der Waals surface area contributed by atoms with Crippen LogP contribution in [0.3, 0.4) is 0 Å². The Morgan fingerprint density at radius 2 is 1.56 bits per heavy atom. The molecule has 0 aromatic heterocycles. The average Bonchev–Trinajstić information content (AvgIpc) is 2.65. The van der Waals surface area contributed by atoms with Gasteiger partial charge >= 0.3 is 5.97 Å². The topological polar surface area (TPSA) is 37.3 Å². The summed E-state index contributed by atoms with van der Waals surface area (Å²) in [7, 11) is 0. The number of carbonyl (C=O) groups is 1. The Morgan fingerprint density at radius 1 is 1.06 bits per heavy atom. The summed E-state index contributed by atoms with van der Waals surface area (Å²) in [6.07, 6.45) is 7.63. The maximum absolute atomic E-state index is 11.6. The standard InChI is InChI=1S/C14H24O2/c1-10-7-11(2)9-12(8-10)14(13(15)16)5-3-4-6-14/h10-12H,3-9H2,1-2H3,(H,15,16). The fourth-order valence-corrected chi connectivity index (χ4v) is 4.20. The third-order valence-corrected chi connectivity index (χ3v) is 4.88. The van der Waals surface area contributed by atoms with Gasteiger partial charge in [0, 0.05) is 0 Å². The van der Waals surface area contributed by atoms with Crippen LogP contribution in [-0.2, 0) is 4.79 Å². The highest BCUT2D eigenvalue weighted by Crippen LogP contribution is 2.51. The van der Waals surface area contributed by atoms with Gasteiger partial charge in [0.25, 0.3) is 0 Å². The van der Waals surface area contributed by atoms with Crippen LogP contribution in [0.2, 0.25) is 0 Å². The van der Waals surface area contributed by atoms with E-state index in [2.05, 4.69) is 13.8 Å². The van der Waals surface area contributed by atoms with Crippen molar-refractivity contribution in [3.8, 4) is 0 Å². The van der Waals surface area contributed by atoms with E-state index in [0.29, 0.717) is 17.8 Å². The highest BCUT2D eigenvalue weighted by Gasteiger charge is 2.49. The molecule has 0 aromatic carbocycles. The third kappa shape index (κ3) is 1.99. The van der Waals surface area contributed by atoms with Crippen LogP contribution in [0.25, 0.3) is 0 Å².